The van der Waals surface area contributed by atoms with Crippen molar-refractivity contribution in [3.63, 3.8) is 0 Å². The molecule has 1 aliphatic heterocycles. The first-order valence-corrected chi connectivity index (χ1v) is 3.47. The maximum absolute atomic E-state index is 10.3. The first kappa shape index (κ1) is 9.02. The van der Waals surface area contributed by atoms with Gasteiger partial charge in [-0.15, -0.1) is 0 Å². The Morgan fingerprint density at radius 1 is 0.917 bits per heavy atom. The fourth-order valence-electron chi connectivity index (χ4n) is 0.956. The Labute approximate surface area is 68.6 Å². The zero-order chi connectivity index (χ0) is 8.97. The van der Waals surface area contributed by atoms with Gasteiger partial charge in [-0.2, -0.15) is 0 Å². The van der Waals surface area contributed by atoms with Gasteiger partial charge in [-0.1, -0.05) is 0 Å². The van der Waals surface area contributed by atoms with E-state index in [0.717, 1.165) is 0 Å². The molecular formula is C7H8O5. The highest BCUT2D eigenvalue weighted by Crippen LogP contribution is 2.14. The predicted octanol–water partition coefficient (Wildman–Crippen LogP) is -0.917. The topological polar surface area (TPSA) is 69.7 Å². The Balaban J connectivity index is 2.57. The molecular weight excluding hydrogens is 164 g/mol. The van der Waals surface area contributed by atoms with E-state index in [2.05, 4.69) is 0 Å². The third-order valence-electron chi connectivity index (χ3n) is 1.50. The summed E-state index contributed by atoms with van der Waals surface area (Å²) in [7, 11) is 0. The summed E-state index contributed by atoms with van der Waals surface area (Å²) >= 11 is 0. The quantitative estimate of drug-likeness (QED) is 0.515. The summed E-state index contributed by atoms with van der Waals surface area (Å²) < 4.78 is 9.60. The zero-order valence-electron chi connectivity index (χ0n) is 6.21. The zero-order valence-corrected chi connectivity index (χ0v) is 6.21. The van der Waals surface area contributed by atoms with Gasteiger partial charge < -0.3 is 19.1 Å². The number of hydrogen-bond acceptors (Lipinski definition) is 5. The highest BCUT2D eigenvalue weighted by molar-refractivity contribution is 5.64. The van der Waals surface area contributed by atoms with Crippen LogP contribution in [0, 0.1) is 0 Å². The van der Waals surface area contributed by atoms with Crippen LogP contribution in [0.25, 0.3) is 0 Å². The van der Waals surface area contributed by atoms with E-state index in [0.29, 0.717) is 18.9 Å². The lowest BCUT2D eigenvalue weighted by Crippen LogP contribution is -2.40. The summed E-state index contributed by atoms with van der Waals surface area (Å²) in [6.45, 7) is 0. The van der Waals surface area contributed by atoms with Gasteiger partial charge in [-0.25, -0.2) is 0 Å². The SMILES string of the molecule is O=CC1CC(C=O)OC(C=O)O1. The highest BCUT2D eigenvalue weighted by atomic mass is 16.7. The van der Waals surface area contributed by atoms with E-state index in [1.807, 2.05) is 0 Å². The lowest BCUT2D eigenvalue weighted by Gasteiger charge is -2.27. The molecule has 0 aromatic rings. The molecule has 12 heavy (non-hydrogen) atoms. The van der Waals surface area contributed by atoms with Crippen LogP contribution in [0.1, 0.15) is 6.42 Å². The molecule has 1 fully saturated rings. The third-order valence-corrected chi connectivity index (χ3v) is 1.50. The summed E-state index contributed by atoms with van der Waals surface area (Å²) in [5.74, 6) is 0. The van der Waals surface area contributed by atoms with E-state index < -0.39 is 18.5 Å². The van der Waals surface area contributed by atoms with Crippen LogP contribution in [-0.2, 0) is 23.9 Å². The standard InChI is InChI=1S/C7H8O5/c8-2-5-1-6(3-9)12-7(4-10)11-5/h2-7H,1H2. The van der Waals surface area contributed by atoms with Crippen molar-refractivity contribution in [1.82, 2.24) is 0 Å². The molecule has 2 unspecified atom stereocenters. The second-order valence-electron chi connectivity index (χ2n) is 2.36. The highest BCUT2D eigenvalue weighted by Gasteiger charge is 2.29. The van der Waals surface area contributed by atoms with E-state index in [4.69, 9.17) is 9.47 Å². The van der Waals surface area contributed by atoms with Gasteiger partial charge in [0.2, 0.25) is 6.29 Å². The summed E-state index contributed by atoms with van der Waals surface area (Å²) in [6.07, 6.45) is -0.841. The molecule has 0 bridgehead atoms. The summed E-state index contributed by atoms with van der Waals surface area (Å²) in [6, 6.07) is 0. The van der Waals surface area contributed by atoms with Gasteiger partial charge in [0, 0.05) is 6.42 Å². The minimum Gasteiger partial charge on any atom is -0.335 e. The molecule has 1 saturated heterocycles. The second kappa shape index (κ2) is 4.08. The third kappa shape index (κ3) is 1.96. The van der Waals surface area contributed by atoms with Crippen LogP contribution >= 0.6 is 0 Å². The van der Waals surface area contributed by atoms with Crippen LogP contribution in [0.3, 0.4) is 0 Å². The van der Waals surface area contributed by atoms with Gasteiger partial charge in [0.1, 0.15) is 24.8 Å². The molecule has 0 aromatic carbocycles. The normalized spacial score (nSPS) is 35.5. The molecule has 0 saturated carbocycles. The van der Waals surface area contributed by atoms with Crippen LogP contribution < -0.4 is 0 Å². The molecule has 0 radical (unpaired) electrons. The molecule has 5 heteroatoms. The van der Waals surface area contributed by atoms with Gasteiger partial charge in [-0.05, 0) is 0 Å². The Kier molecular flexibility index (Phi) is 3.07. The summed E-state index contributed by atoms with van der Waals surface area (Å²) in [4.78, 5) is 30.7. The maximum Gasteiger partial charge on any atom is 0.216 e. The molecule has 2 atom stereocenters. The molecule has 1 rings (SSSR count). The molecule has 0 aromatic heterocycles. The Morgan fingerprint density at radius 3 is 1.75 bits per heavy atom. The van der Waals surface area contributed by atoms with Crippen molar-refractivity contribution in [3.05, 3.63) is 0 Å². The Bertz CT molecular complexity index is 151. The van der Waals surface area contributed by atoms with Gasteiger partial charge >= 0.3 is 0 Å². The fourth-order valence-corrected chi connectivity index (χ4v) is 0.956. The van der Waals surface area contributed by atoms with E-state index in [1.54, 1.807) is 0 Å². The minimum absolute atomic E-state index is 0.178. The average Bonchev–Trinajstić information content (AvgIpc) is 2.16. The first-order chi connectivity index (χ1) is 5.80. The van der Waals surface area contributed by atoms with E-state index in [-0.39, 0.29) is 6.42 Å². The lowest BCUT2D eigenvalue weighted by atomic mass is 10.1. The predicted molar refractivity (Wildman–Crippen MR) is 36.3 cm³/mol. The molecule has 66 valence electrons. The molecule has 0 spiro atoms. The van der Waals surface area contributed by atoms with Crippen molar-refractivity contribution < 1.29 is 23.9 Å². The number of hydrogen-bond donors (Lipinski definition) is 0. The van der Waals surface area contributed by atoms with Crippen LogP contribution in [0.4, 0.5) is 0 Å². The maximum atomic E-state index is 10.3. The van der Waals surface area contributed by atoms with Crippen LogP contribution in [0.2, 0.25) is 0 Å². The average molecular weight is 172 g/mol. The molecule has 0 amide bonds. The largest absolute Gasteiger partial charge is 0.335 e. The summed E-state index contributed by atoms with van der Waals surface area (Å²) in [5, 5.41) is 0. The fraction of sp³-hybridized carbons (Fsp3) is 0.571. The van der Waals surface area contributed by atoms with Crippen LogP contribution in [0.5, 0.6) is 0 Å². The van der Waals surface area contributed by atoms with Gasteiger partial charge in [0.05, 0.1) is 0 Å². The number of rotatable bonds is 3. The number of aldehydes is 3. The monoisotopic (exact) mass is 172 g/mol. The molecule has 1 aliphatic rings. The number of carbonyl (C=O) groups excluding carboxylic acids is 3. The smallest absolute Gasteiger partial charge is 0.216 e. The number of carbonyl (C=O) groups is 3. The van der Waals surface area contributed by atoms with Crippen molar-refractivity contribution in [1.29, 1.82) is 0 Å². The van der Waals surface area contributed by atoms with E-state index in [1.165, 1.54) is 0 Å². The van der Waals surface area contributed by atoms with Crippen molar-refractivity contribution in [3.8, 4) is 0 Å². The van der Waals surface area contributed by atoms with Crippen molar-refractivity contribution in [2.45, 2.75) is 24.9 Å². The molecule has 0 aliphatic carbocycles. The van der Waals surface area contributed by atoms with Gasteiger partial charge in [-0.3, -0.25) is 4.79 Å². The Morgan fingerprint density at radius 2 is 1.42 bits per heavy atom. The minimum atomic E-state index is -1.09. The second-order valence-corrected chi connectivity index (χ2v) is 2.36. The molecule has 5 nitrogen and oxygen atoms in total. The van der Waals surface area contributed by atoms with Crippen molar-refractivity contribution >= 4 is 18.9 Å². The Hall–Kier alpha value is -1.07. The van der Waals surface area contributed by atoms with Gasteiger partial charge in [0.15, 0.2) is 6.29 Å². The van der Waals surface area contributed by atoms with Crippen LogP contribution in [-0.4, -0.2) is 37.4 Å². The van der Waals surface area contributed by atoms with Crippen LogP contribution in [0.15, 0.2) is 0 Å². The van der Waals surface area contributed by atoms with E-state index in [9.17, 15) is 14.4 Å². The van der Waals surface area contributed by atoms with Gasteiger partial charge in [0.25, 0.3) is 0 Å². The van der Waals surface area contributed by atoms with Crippen molar-refractivity contribution in [2.24, 2.45) is 0 Å². The summed E-state index contributed by atoms with van der Waals surface area (Å²) in [5.41, 5.74) is 0. The first-order valence-electron chi connectivity index (χ1n) is 3.47. The lowest BCUT2D eigenvalue weighted by molar-refractivity contribution is -0.216. The molecule has 0 N–H and O–H groups in total. The van der Waals surface area contributed by atoms with E-state index >= 15 is 0 Å². The van der Waals surface area contributed by atoms with Crippen molar-refractivity contribution in [2.75, 3.05) is 0 Å². The molecule has 1 heterocycles. The number of ether oxygens (including phenoxy) is 2.